The summed E-state index contributed by atoms with van der Waals surface area (Å²) in [5, 5.41) is 18.9. The molecule has 6 rings (SSSR count). The van der Waals surface area contributed by atoms with Crippen LogP contribution in [0.25, 0.3) is 34.0 Å². The van der Waals surface area contributed by atoms with Crippen molar-refractivity contribution in [3.05, 3.63) is 89.2 Å². The Kier molecular flexibility index (Phi) is 4.99. The lowest BCUT2D eigenvalue weighted by Crippen LogP contribution is -2.22. The van der Waals surface area contributed by atoms with E-state index in [0.717, 1.165) is 17.0 Å². The summed E-state index contributed by atoms with van der Waals surface area (Å²) >= 11 is 1.50. The van der Waals surface area contributed by atoms with Crippen molar-refractivity contribution in [2.45, 2.75) is 24.4 Å². The van der Waals surface area contributed by atoms with Gasteiger partial charge in [-0.1, -0.05) is 42.1 Å². The number of aromatic nitrogens is 7. The van der Waals surface area contributed by atoms with Gasteiger partial charge in [-0.25, -0.2) is 0 Å². The molecule has 6 aromatic rings. The molecule has 0 aliphatic rings. The van der Waals surface area contributed by atoms with Crippen LogP contribution in [-0.2, 0) is 12.3 Å². The van der Waals surface area contributed by atoms with E-state index in [9.17, 15) is 4.79 Å². The number of furan rings is 1. The fourth-order valence-corrected chi connectivity index (χ4v) is 4.93. The summed E-state index contributed by atoms with van der Waals surface area (Å²) in [6, 6.07) is 21.1. The zero-order valence-corrected chi connectivity index (χ0v) is 19.0. The second kappa shape index (κ2) is 8.31. The van der Waals surface area contributed by atoms with Gasteiger partial charge in [0.25, 0.3) is 5.56 Å². The lowest BCUT2D eigenvalue weighted by Gasteiger charge is -2.10. The fourth-order valence-electron chi connectivity index (χ4n) is 4.06. The summed E-state index contributed by atoms with van der Waals surface area (Å²) in [5.74, 6) is 2.99. The first-order chi connectivity index (χ1) is 16.8. The predicted molar refractivity (Wildman–Crippen MR) is 129 cm³/mol. The van der Waals surface area contributed by atoms with E-state index in [2.05, 4.69) is 20.4 Å². The molecule has 4 heterocycles. The van der Waals surface area contributed by atoms with E-state index in [0.29, 0.717) is 40.2 Å². The number of rotatable bonds is 6. The Hall–Kier alpha value is -4.18. The van der Waals surface area contributed by atoms with Crippen molar-refractivity contribution in [2.24, 2.45) is 0 Å². The van der Waals surface area contributed by atoms with Gasteiger partial charge in [-0.2, -0.15) is 0 Å². The van der Waals surface area contributed by atoms with Gasteiger partial charge in [-0.15, -0.1) is 20.4 Å². The van der Waals surface area contributed by atoms with Gasteiger partial charge in [0.05, 0.1) is 22.9 Å². The minimum atomic E-state index is -0.0656. The molecule has 2 aromatic carbocycles. The molecule has 9 nitrogen and oxygen atoms in total. The molecule has 0 radical (unpaired) electrons. The second-order valence-electron chi connectivity index (χ2n) is 7.56. The molecule has 0 bridgehead atoms. The Balaban J connectivity index is 1.45. The van der Waals surface area contributed by atoms with E-state index >= 15 is 0 Å². The molecule has 0 N–H and O–H groups in total. The summed E-state index contributed by atoms with van der Waals surface area (Å²) in [4.78, 5) is 12.9. The number of para-hydroxylation sites is 2. The van der Waals surface area contributed by atoms with Gasteiger partial charge in [0.15, 0.2) is 10.9 Å². The lowest BCUT2D eigenvalue weighted by atomic mass is 10.2. The van der Waals surface area contributed by atoms with Crippen LogP contribution < -0.4 is 5.56 Å². The Bertz CT molecular complexity index is 1670. The smallest absolute Gasteiger partial charge is 0.262 e. The van der Waals surface area contributed by atoms with Crippen molar-refractivity contribution in [3.8, 4) is 17.3 Å². The Morgan fingerprint density at radius 3 is 2.53 bits per heavy atom. The maximum atomic E-state index is 12.9. The largest absolute Gasteiger partial charge is 0.461 e. The van der Waals surface area contributed by atoms with Crippen LogP contribution >= 0.6 is 11.8 Å². The number of hydrogen-bond acceptors (Lipinski definition) is 7. The van der Waals surface area contributed by atoms with Gasteiger partial charge in [0.1, 0.15) is 5.82 Å². The van der Waals surface area contributed by atoms with E-state index in [1.54, 1.807) is 10.8 Å². The number of hydrogen-bond donors (Lipinski definition) is 0. The first-order valence-electron chi connectivity index (χ1n) is 10.8. The average molecular weight is 470 g/mol. The maximum absolute atomic E-state index is 12.9. The van der Waals surface area contributed by atoms with E-state index < -0.39 is 0 Å². The Morgan fingerprint density at radius 2 is 1.74 bits per heavy atom. The van der Waals surface area contributed by atoms with E-state index in [-0.39, 0.29) is 5.56 Å². The third-order valence-corrected chi connectivity index (χ3v) is 6.54. The maximum Gasteiger partial charge on any atom is 0.262 e. The van der Waals surface area contributed by atoms with Crippen molar-refractivity contribution >= 4 is 28.4 Å². The van der Waals surface area contributed by atoms with Crippen LogP contribution in [0.3, 0.4) is 0 Å². The average Bonchev–Trinajstić information content (AvgIpc) is 3.63. The highest BCUT2D eigenvalue weighted by Crippen LogP contribution is 2.30. The zero-order valence-electron chi connectivity index (χ0n) is 18.2. The fraction of sp³-hybridized carbons (Fsp3) is 0.125. The summed E-state index contributed by atoms with van der Waals surface area (Å²) in [5.41, 5.74) is 1.65. The quantitative estimate of drug-likeness (QED) is 0.337. The van der Waals surface area contributed by atoms with Crippen LogP contribution in [0.1, 0.15) is 12.7 Å². The van der Waals surface area contributed by atoms with Crippen LogP contribution in [0, 0.1) is 0 Å². The van der Waals surface area contributed by atoms with Crippen LogP contribution in [0.15, 0.2) is 87.4 Å². The van der Waals surface area contributed by atoms with E-state index in [4.69, 9.17) is 4.42 Å². The number of fused-ring (bicyclic) bond motifs is 3. The van der Waals surface area contributed by atoms with Crippen LogP contribution in [-0.4, -0.2) is 33.9 Å². The van der Waals surface area contributed by atoms with Crippen LogP contribution in [0.2, 0.25) is 0 Å². The molecule has 10 heteroatoms. The van der Waals surface area contributed by atoms with Gasteiger partial charge in [-0.3, -0.25) is 18.3 Å². The number of thioether (sulfide) groups is 1. The molecule has 0 spiro atoms. The highest BCUT2D eigenvalue weighted by Gasteiger charge is 2.20. The molecule has 34 heavy (non-hydrogen) atoms. The highest BCUT2D eigenvalue weighted by atomic mass is 32.2. The Morgan fingerprint density at radius 1 is 0.912 bits per heavy atom. The zero-order chi connectivity index (χ0) is 23.1. The SMILES string of the molecule is CCn1c(=O)c2ccccc2n2c(CSc3nnc(-c4ccco4)n3-c3ccccc3)nnc12. The molecular weight excluding hydrogens is 450 g/mol. The molecule has 0 atom stereocenters. The first kappa shape index (κ1) is 20.4. The first-order valence-corrected chi connectivity index (χ1v) is 11.8. The topological polar surface area (TPSA) is 96.0 Å². The Labute approximate surface area is 197 Å². The molecule has 0 saturated heterocycles. The van der Waals surface area contributed by atoms with Gasteiger partial charge in [0, 0.05) is 12.2 Å². The van der Waals surface area contributed by atoms with Crippen molar-refractivity contribution in [1.29, 1.82) is 0 Å². The summed E-state index contributed by atoms with van der Waals surface area (Å²) in [7, 11) is 0. The van der Waals surface area contributed by atoms with E-state index in [1.807, 2.05) is 82.6 Å². The van der Waals surface area contributed by atoms with Gasteiger partial charge < -0.3 is 4.42 Å². The molecular formula is C24H19N7O2S. The summed E-state index contributed by atoms with van der Waals surface area (Å²) in [6.45, 7) is 2.44. The summed E-state index contributed by atoms with van der Waals surface area (Å²) in [6.07, 6.45) is 1.62. The van der Waals surface area contributed by atoms with Gasteiger partial charge in [-0.05, 0) is 43.3 Å². The molecule has 0 aliphatic heterocycles. The van der Waals surface area contributed by atoms with Crippen LogP contribution in [0.4, 0.5) is 0 Å². The van der Waals surface area contributed by atoms with Crippen molar-refractivity contribution in [2.75, 3.05) is 0 Å². The predicted octanol–water partition coefficient (Wildman–Crippen LogP) is 4.20. The highest BCUT2D eigenvalue weighted by molar-refractivity contribution is 7.98. The van der Waals surface area contributed by atoms with Gasteiger partial charge >= 0.3 is 0 Å². The minimum absolute atomic E-state index is 0.0656. The number of nitrogens with zero attached hydrogens (tertiary/aromatic N) is 7. The van der Waals surface area contributed by atoms with Crippen molar-refractivity contribution < 1.29 is 4.42 Å². The van der Waals surface area contributed by atoms with Crippen LogP contribution in [0.5, 0.6) is 0 Å². The van der Waals surface area contributed by atoms with Crippen molar-refractivity contribution in [1.82, 2.24) is 33.9 Å². The summed E-state index contributed by atoms with van der Waals surface area (Å²) < 4.78 is 11.2. The number of aryl methyl sites for hydroxylation is 1. The molecule has 0 aliphatic carbocycles. The molecule has 168 valence electrons. The molecule has 0 saturated carbocycles. The van der Waals surface area contributed by atoms with Gasteiger partial charge in [0.2, 0.25) is 11.6 Å². The second-order valence-corrected chi connectivity index (χ2v) is 8.50. The number of benzene rings is 2. The lowest BCUT2D eigenvalue weighted by molar-refractivity contribution is 0.575. The minimum Gasteiger partial charge on any atom is -0.461 e. The third kappa shape index (κ3) is 3.22. The standard InChI is InChI=1S/C24H19N7O2S/c1-2-29-22(32)17-11-6-7-12-18(17)31-20(25-27-23(29)31)15-34-24-28-26-21(19-13-8-14-33-19)30(24)16-9-4-3-5-10-16/h3-14H,2,15H2,1H3. The molecule has 0 unspecified atom stereocenters. The third-order valence-electron chi connectivity index (χ3n) is 5.61. The molecule has 0 amide bonds. The van der Waals surface area contributed by atoms with E-state index in [1.165, 1.54) is 11.8 Å². The monoisotopic (exact) mass is 469 g/mol. The van der Waals surface area contributed by atoms with Crippen molar-refractivity contribution in [3.63, 3.8) is 0 Å². The normalized spacial score (nSPS) is 11.6. The molecule has 0 fully saturated rings. The molecule has 4 aromatic heterocycles.